The Hall–Kier alpha value is -1.36. The first-order chi connectivity index (χ1) is 10.0. The molecule has 5 heteroatoms. The molecule has 0 amide bonds. The van der Waals surface area contributed by atoms with E-state index in [0.29, 0.717) is 12.5 Å². The number of aliphatic hydroxyl groups is 1. The second-order valence-electron chi connectivity index (χ2n) is 6.39. The SMILES string of the molecule is CCCNc1cc(NCC2(O)CCCC(C)C2)nc(C)n1. The van der Waals surface area contributed by atoms with Gasteiger partial charge in [-0.25, -0.2) is 9.97 Å². The largest absolute Gasteiger partial charge is 0.388 e. The predicted molar refractivity (Wildman–Crippen MR) is 86.6 cm³/mol. The summed E-state index contributed by atoms with van der Waals surface area (Å²) in [5.74, 6) is 2.96. The van der Waals surface area contributed by atoms with Gasteiger partial charge in [-0.1, -0.05) is 26.7 Å². The molecular formula is C16H28N4O. The quantitative estimate of drug-likeness (QED) is 0.752. The van der Waals surface area contributed by atoms with Gasteiger partial charge >= 0.3 is 0 Å². The van der Waals surface area contributed by atoms with Gasteiger partial charge in [0.2, 0.25) is 0 Å². The third kappa shape index (κ3) is 4.84. The van der Waals surface area contributed by atoms with Crippen molar-refractivity contribution >= 4 is 11.6 Å². The van der Waals surface area contributed by atoms with Crippen LogP contribution >= 0.6 is 0 Å². The molecule has 5 nitrogen and oxygen atoms in total. The van der Waals surface area contributed by atoms with E-state index in [1.54, 1.807) is 0 Å². The van der Waals surface area contributed by atoms with E-state index < -0.39 is 5.60 Å². The molecule has 1 fully saturated rings. The molecule has 0 spiro atoms. The summed E-state index contributed by atoms with van der Waals surface area (Å²) in [7, 11) is 0. The van der Waals surface area contributed by atoms with Crippen molar-refractivity contribution in [1.29, 1.82) is 0 Å². The fourth-order valence-corrected chi connectivity index (χ4v) is 3.05. The maximum atomic E-state index is 10.7. The van der Waals surface area contributed by atoms with Crippen molar-refractivity contribution in [1.82, 2.24) is 9.97 Å². The zero-order chi connectivity index (χ0) is 15.3. The summed E-state index contributed by atoms with van der Waals surface area (Å²) in [6.07, 6.45) is 5.12. The number of hydrogen-bond donors (Lipinski definition) is 3. The fraction of sp³-hybridized carbons (Fsp3) is 0.750. The van der Waals surface area contributed by atoms with Gasteiger partial charge in [0.15, 0.2) is 0 Å². The molecule has 118 valence electrons. The first-order valence-electron chi connectivity index (χ1n) is 8.06. The molecular weight excluding hydrogens is 264 g/mol. The van der Waals surface area contributed by atoms with Gasteiger partial charge in [0.05, 0.1) is 5.60 Å². The van der Waals surface area contributed by atoms with Crippen molar-refractivity contribution in [2.45, 2.75) is 58.5 Å². The number of hydrogen-bond acceptors (Lipinski definition) is 5. The number of aromatic nitrogens is 2. The molecule has 0 aliphatic heterocycles. The van der Waals surface area contributed by atoms with Crippen LogP contribution in [0.4, 0.5) is 11.6 Å². The Morgan fingerprint density at radius 3 is 2.71 bits per heavy atom. The number of nitrogens with zero attached hydrogens (tertiary/aromatic N) is 2. The highest BCUT2D eigenvalue weighted by Crippen LogP contribution is 2.32. The van der Waals surface area contributed by atoms with Crippen LogP contribution in [0.5, 0.6) is 0 Å². The number of anilines is 2. The van der Waals surface area contributed by atoms with Crippen LogP contribution in [0.15, 0.2) is 6.07 Å². The Morgan fingerprint density at radius 1 is 1.33 bits per heavy atom. The predicted octanol–water partition coefficient (Wildman–Crippen LogP) is 2.96. The lowest BCUT2D eigenvalue weighted by Gasteiger charge is -2.35. The Labute approximate surface area is 127 Å². The van der Waals surface area contributed by atoms with Gasteiger partial charge in [0.25, 0.3) is 0 Å². The highest BCUT2D eigenvalue weighted by atomic mass is 16.3. The molecule has 21 heavy (non-hydrogen) atoms. The Balaban J connectivity index is 1.97. The highest BCUT2D eigenvalue weighted by Gasteiger charge is 2.32. The van der Waals surface area contributed by atoms with Crippen molar-refractivity contribution < 1.29 is 5.11 Å². The van der Waals surface area contributed by atoms with E-state index in [1.165, 1.54) is 6.42 Å². The van der Waals surface area contributed by atoms with Crippen molar-refractivity contribution in [3.63, 3.8) is 0 Å². The molecule has 1 aromatic rings. The second-order valence-corrected chi connectivity index (χ2v) is 6.39. The minimum Gasteiger partial charge on any atom is -0.388 e. The summed E-state index contributed by atoms with van der Waals surface area (Å²) < 4.78 is 0. The van der Waals surface area contributed by atoms with Crippen LogP contribution in [-0.4, -0.2) is 33.8 Å². The van der Waals surface area contributed by atoms with Crippen LogP contribution in [-0.2, 0) is 0 Å². The molecule has 1 saturated carbocycles. The first kappa shape index (κ1) is 16.0. The van der Waals surface area contributed by atoms with E-state index in [4.69, 9.17) is 0 Å². The molecule has 2 atom stereocenters. The average Bonchev–Trinajstić information content (AvgIpc) is 2.42. The Kier molecular flexibility index (Phi) is 5.39. The van der Waals surface area contributed by atoms with Crippen LogP contribution in [0.25, 0.3) is 0 Å². The van der Waals surface area contributed by atoms with Gasteiger partial charge < -0.3 is 15.7 Å². The van der Waals surface area contributed by atoms with Gasteiger partial charge in [-0.15, -0.1) is 0 Å². The zero-order valence-electron chi connectivity index (χ0n) is 13.4. The molecule has 3 N–H and O–H groups in total. The van der Waals surface area contributed by atoms with E-state index in [2.05, 4.69) is 34.4 Å². The number of nitrogens with one attached hydrogen (secondary N) is 2. The van der Waals surface area contributed by atoms with Crippen LogP contribution in [0.2, 0.25) is 0 Å². The van der Waals surface area contributed by atoms with E-state index in [0.717, 1.165) is 49.7 Å². The van der Waals surface area contributed by atoms with Crippen LogP contribution < -0.4 is 10.6 Å². The molecule has 0 aromatic carbocycles. The van der Waals surface area contributed by atoms with Gasteiger partial charge in [-0.2, -0.15) is 0 Å². The average molecular weight is 292 g/mol. The van der Waals surface area contributed by atoms with Crippen molar-refractivity contribution in [2.75, 3.05) is 23.7 Å². The summed E-state index contributed by atoms with van der Waals surface area (Å²) in [6.45, 7) is 7.68. The van der Waals surface area contributed by atoms with Crippen molar-refractivity contribution in [2.24, 2.45) is 5.92 Å². The lowest BCUT2D eigenvalue weighted by Crippen LogP contribution is -2.41. The van der Waals surface area contributed by atoms with Crippen LogP contribution in [0.1, 0.15) is 51.8 Å². The molecule has 1 aliphatic carbocycles. The van der Waals surface area contributed by atoms with Gasteiger partial charge in [-0.05, 0) is 32.1 Å². The maximum absolute atomic E-state index is 10.7. The molecule has 1 aliphatic rings. The molecule has 2 unspecified atom stereocenters. The Morgan fingerprint density at radius 2 is 2.05 bits per heavy atom. The third-order valence-electron chi connectivity index (χ3n) is 4.06. The van der Waals surface area contributed by atoms with Crippen molar-refractivity contribution in [3.05, 3.63) is 11.9 Å². The van der Waals surface area contributed by atoms with Crippen LogP contribution in [0, 0.1) is 12.8 Å². The monoisotopic (exact) mass is 292 g/mol. The highest BCUT2D eigenvalue weighted by molar-refractivity contribution is 5.47. The molecule has 1 heterocycles. The number of aryl methyl sites for hydroxylation is 1. The minimum absolute atomic E-state index is 0.557. The van der Waals surface area contributed by atoms with E-state index in [-0.39, 0.29) is 0 Å². The van der Waals surface area contributed by atoms with E-state index >= 15 is 0 Å². The summed E-state index contributed by atoms with van der Waals surface area (Å²) in [4.78, 5) is 8.77. The summed E-state index contributed by atoms with van der Waals surface area (Å²) in [5.41, 5.74) is -0.604. The van der Waals surface area contributed by atoms with Gasteiger partial charge in [0, 0.05) is 19.2 Å². The number of rotatable bonds is 6. The van der Waals surface area contributed by atoms with E-state index in [9.17, 15) is 5.11 Å². The topological polar surface area (TPSA) is 70.1 Å². The minimum atomic E-state index is -0.604. The van der Waals surface area contributed by atoms with Crippen molar-refractivity contribution in [3.8, 4) is 0 Å². The summed E-state index contributed by atoms with van der Waals surface area (Å²) >= 11 is 0. The van der Waals surface area contributed by atoms with E-state index in [1.807, 2.05) is 13.0 Å². The van der Waals surface area contributed by atoms with Gasteiger partial charge in [0.1, 0.15) is 17.5 Å². The molecule has 0 bridgehead atoms. The lowest BCUT2D eigenvalue weighted by atomic mass is 9.79. The second kappa shape index (κ2) is 7.07. The van der Waals surface area contributed by atoms with Gasteiger partial charge in [-0.3, -0.25) is 0 Å². The molecule has 1 aromatic heterocycles. The Bertz CT molecular complexity index is 466. The standard InChI is InChI=1S/C16H28N4O/c1-4-8-17-14-9-15(20-13(3)19-14)18-11-16(21)7-5-6-12(2)10-16/h9,12,21H,4-8,10-11H2,1-3H3,(H2,17,18,19,20). The smallest absolute Gasteiger partial charge is 0.131 e. The third-order valence-corrected chi connectivity index (χ3v) is 4.06. The zero-order valence-corrected chi connectivity index (χ0v) is 13.4. The normalized spacial score (nSPS) is 25.6. The summed E-state index contributed by atoms with van der Waals surface area (Å²) in [5, 5.41) is 17.2. The lowest BCUT2D eigenvalue weighted by molar-refractivity contribution is -0.000831. The molecule has 2 rings (SSSR count). The maximum Gasteiger partial charge on any atom is 0.131 e. The molecule has 0 radical (unpaired) electrons. The molecule has 0 saturated heterocycles. The first-order valence-corrected chi connectivity index (χ1v) is 8.06. The summed E-state index contributed by atoms with van der Waals surface area (Å²) in [6, 6.07) is 1.91. The van der Waals surface area contributed by atoms with Crippen LogP contribution in [0.3, 0.4) is 0 Å². The fourth-order valence-electron chi connectivity index (χ4n) is 3.05.